The van der Waals surface area contributed by atoms with E-state index in [0.717, 1.165) is 0 Å². The molecule has 1 saturated carbocycles. The number of hydrogen-bond acceptors (Lipinski definition) is 10. The SMILES string of the molecule is COC(=O)C1=CO[C@@H](O[C@H]2OC(CO)C(O)C(O)C2O)C2C1CC(O)C2C. The molecule has 0 bridgehead atoms. The van der Waals surface area contributed by atoms with E-state index in [9.17, 15) is 30.3 Å². The Kier molecular flexibility index (Phi) is 6.06. The minimum Gasteiger partial charge on any atom is -0.472 e. The molecule has 3 rings (SSSR count). The Morgan fingerprint density at radius 2 is 1.89 bits per heavy atom. The van der Waals surface area contributed by atoms with Crippen LogP contribution in [-0.2, 0) is 23.7 Å². The van der Waals surface area contributed by atoms with E-state index in [-0.39, 0.29) is 11.8 Å². The fraction of sp³-hybridized carbons (Fsp3) is 0.824. The predicted molar refractivity (Wildman–Crippen MR) is 86.6 cm³/mol. The third kappa shape index (κ3) is 3.58. The maximum absolute atomic E-state index is 12.0. The number of hydrogen-bond donors (Lipinski definition) is 5. The summed E-state index contributed by atoms with van der Waals surface area (Å²) in [4.78, 5) is 12.0. The average molecular weight is 390 g/mol. The summed E-state index contributed by atoms with van der Waals surface area (Å²) in [6, 6.07) is 0. The van der Waals surface area contributed by atoms with Crippen molar-refractivity contribution in [3.8, 4) is 0 Å². The van der Waals surface area contributed by atoms with E-state index in [1.54, 1.807) is 6.92 Å². The van der Waals surface area contributed by atoms with Crippen LogP contribution in [0.5, 0.6) is 0 Å². The maximum Gasteiger partial charge on any atom is 0.337 e. The molecule has 154 valence electrons. The molecule has 27 heavy (non-hydrogen) atoms. The van der Waals surface area contributed by atoms with Crippen LogP contribution in [0.3, 0.4) is 0 Å². The van der Waals surface area contributed by atoms with Crippen LogP contribution in [0, 0.1) is 17.8 Å². The van der Waals surface area contributed by atoms with Gasteiger partial charge in [-0.05, 0) is 12.3 Å². The fourth-order valence-corrected chi connectivity index (χ4v) is 4.10. The summed E-state index contributed by atoms with van der Waals surface area (Å²) in [5.74, 6) is -1.63. The molecule has 10 heteroatoms. The number of aliphatic hydroxyl groups excluding tert-OH is 5. The number of esters is 1. The van der Waals surface area contributed by atoms with E-state index in [0.29, 0.717) is 12.0 Å². The smallest absolute Gasteiger partial charge is 0.337 e. The Balaban J connectivity index is 1.80. The van der Waals surface area contributed by atoms with Crippen LogP contribution in [-0.4, -0.2) is 88.3 Å². The molecule has 10 atom stereocenters. The van der Waals surface area contributed by atoms with E-state index in [1.165, 1.54) is 13.4 Å². The highest BCUT2D eigenvalue weighted by molar-refractivity contribution is 5.89. The van der Waals surface area contributed by atoms with Gasteiger partial charge in [-0.15, -0.1) is 0 Å². The molecular formula is C17H26O10. The zero-order valence-corrected chi connectivity index (χ0v) is 15.0. The van der Waals surface area contributed by atoms with E-state index in [1.807, 2.05) is 0 Å². The van der Waals surface area contributed by atoms with Crippen molar-refractivity contribution in [2.24, 2.45) is 17.8 Å². The molecule has 3 aliphatic rings. The number of carbonyl (C=O) groups excluding carboxylic acids is 1. The van der Waals surface area contributed by atoms with Crippen LogP contribution in [0.25, 0.3) is 0 Å². The summed E-state index contributed by atoms with van der Waals surface area (Å²) >= 11 is 0. The van der Waals surface area contributed by atoms with Crippen LogP contribution >= 0.6 is 0 Å². The van der Waals surface area contributed by atoms with Gasteiger partial charge >= 0.3 is 5.97 Å². The molecule has 2 heterocycles. The lowest BCUT2D eigenvalue weighted by Crippen LogP contribution is -2.60. The number of aliphatic hydroxyl groups is 5. The normalized spacial score (nSPS) is 47.0. The summed E-state index contributed by atoms with van der Waals surface area (Å²) in [7, 11) is 1.25. The molecule has 2 aliphatic heterocycles. The van der Waals surface area contributed by atoms with Gasteiger partial charge in [-0.2, -0.15) is 0 Å². The van der Waals surface area contributed by atoms with Crippen LogP contribution in [0.1, 0.15) is 13.3 Å². The fourth-order valence-electron chi connectivity index (χ4n) is 4.10. The van der Waals surface area contributed by atoms with Crippen LogP contribution in [0.2, 0.25) is 0 Å². The van der Waals surface area contributed by atoms with Crippen LogP contribution in [0.4, 0.5) is 0 Å². The molecule has 10 nitrogen and oxygen atoms in total. The molecule has 5 N–H and O–H groups in total. The maximum atomic E-state index is 12.0. The van der Waals surface area contributed by atoms with Crippen molar-refractivity contribution in [3.05, 3.63) is 11.8 Å². The number of ether oxygens (including phenoxy) is 4. The summed E-state index contributed by atoms with van der Waals surface area (Å²) in [5, 5.41) is 49.4. The first kappa shape index (κ1) is 20.5. The highest BCUT2D eigenvalue weighted by atomic mass is 16.8. The third-order valence-corrected chi connectivity index (χ3v) is 5.75. The first-order valence-corrected chi connectivity index (χ1v) is 8.88. The van der Waals surface area contributed by atoms with Gasteiger partial charge in [0.25, 0.3) is 0 Å². The molecule has 0 amide bonds. The number of carbonyl (C=O) groups is 1. The minimum atomic E-state index is -1.58. The summed E-state index contributed by atoms with van der Waals surface area (Å²) < 4.78 is 21.4. The zero-order chi connectivity index (χ0) is 19.9. The summed E-state index contributed by atoms with van der Waals surface area (Å²) in [5.41, 5.74) is 0.291. The molecule has 0 aromatic carbocycles. The van der Waals surface area contributed by atoms with Gasteiger partial charge in [-0.1, -0.05) is 6.92 Å². The van der Waals surface area contributed by atoms with Crippen molar-refractivity contribution in [1.29, 1.82) is 0 Å². The molecule has 0 radical (unpaired) electrons. The second-order valence-electron chi connectivity index (χ2n) is 7.25. The molecule has 1 aliphatic carbocycles. The molecule has 2 fully saturated rings. The molecule has 0 spiro atoms. The topological polar surface area (TPSA) is 155 Å². The Hall–Kier alpha value is -1.27. The number of methoxy groups -OCH3 is 1. The summed E-state index contributed by atoms with van der Waals surface area (Å²) in [6.07, 6.45) is -7.25. The van der Waals surface area contributed by atoms with Crippen molar-refractivity contribution in [2.45, 2.75) is 56.4 Å². The van der Waals surface area contributed by atoms with Crippen molar-refractivity contribution < 1.29 is 49.3 Å². The van der Waals surface area contributed by atoms with Gasteiger partial charge in [0.05, 0.1) is 31.7 Å². The van der Waals surface area contributed by atoms with E-state index in [2.05, 4.69) is 0 Å². The molecule has 0 aromatic rings. The van der Waals surface area contributed by atoms with Gasteiger partial charge < -0.3 is 44.5 Å². The molecule has 8 unspecified atom stereocenters. The van der Waals surface area contributed by atoms with Gasteiger partial charge in [-0.3, -0.25) is 0 Å². The quantitative estimate of drug-likeness (QED) is 0.336. The van der Waals surface area contributed by atoms with Gasteiger partial charge in [0.2, 0.25) is 6.29 Å². The lowest BCUT2D eigenvalue weighted by atomic mass is 9.83. The number of fused-ring (bicyclic) bond motifs is 1. The third-order valence-electron chi connectivity index (χ3n) is 5.75. The Morgan fingerprint density at radius 1 is 1.19 bits per heavy atom. The first-order chi connectivity index (χ1) is 12.8. The molecule has 1 saturated heterocycles. The van der Waals surface area contributed by atoms with Crippen LogP contribution in [0.15, 0.2) is 11.8 Å². The lowest BCUT2D eigenvalue weighted by molar-refractivity contribution is -0.342. The van der Waals surface area contributed by atoms with Crippen molar-refractivity contribution in [2.75, 3.05) is 13.7 Å². The standard InChI is InChI=1S/C17H26O10/c1-6-9(19)3-7-8(15(23)24-2)5-25-16(11(6)7)27-17-14(22)13(21)12(20)10(4-18)26-17/h5-7,9-14,16-22H,3-4H2,1-2H3/t6?,7?,9?,10?,11?,12?,13?,14?,16-,17+/m0/s1. The average Bonchev–Trinajstić information content (AvgIpc) is 2.96. The van der Waals surface area contributed by atoms with Crippen molar-refractivity contribution >= 4 is 5.97 Å². The van der Waals surface area contributed by atoms with E-state index < -0.39 is 61.6 Å². The zero-order valence-electron chi connectivity index (χ0n) is 15.0. The monoisotopic (exact) mass is 390 g/mol. The highest BCUT2D eigenvalue weighted by Crippen LogP contribution is 2.47. The highest BCUT2D eigenvalue weighted by Gasteiger charge is 2.53. The second kappa shape index (κ2) is 8.00. The largest absolute Gasteiger partial charge is 0.472 e. The minimum absolute atomic E-state index is 0.279. The Morgan fingerprint density at radius 3 is 2.52 bits per heavy atom. The van der Waals surface area contributed by atoms with E-state index >= 15 is 0 Å². The Bertz CT molecular complexity index is 578. The summed E-state index contributed by atoms with van der Waals surface area (Å²) in [6.45, 7) is 1.21. The first-order valence-electron chi connectivity index (χ1n) is 8.88. The van der Waals surface area contributed by atoms with Gasteiger partial charge in [0, 0.05) is 11.8 Å². The van der Waals surface area contributed by atoms with Crippen LogP contribution < -0.4 is 0 Å². The van der Waals surface area contributed by atoms with E-state index in [4.69, 9.17) is 18.9 Å². The van der Waals surface area contributed by atoms with Crippen molar-refractivity contribution in [3.63, 3.8) is 0 Å². The molecular weight excluding hydrogens is 364 g/mol. The van der Waals surface area contributed by atoms with Crippen molar-refractivity contribution in [1.82, 2.24) is 0 Å². The second-order valence-corrected chi connectivity index (χ2v) is 7.25. The van der Waals surface area contributed by atoms with Gasteiger partial charge in [0.1, 0.15) is 24.4 Å². The molecule has 0 aromatic heterocycles. The predicted octanol–water partition coefficient (Wildman–Crippen LogP) is -2.15. The van der Waals surface area contributed by atoms with Gasteiger partial charge in [-0.25, -0.2) is 4.79 Å². The Labute approximate surface area is 155 Å². The number of rotatable bonds is 4. The lowest BCUT2D eigenvalue weighted by Gasteiger charge is -2.43. The van der Waals surface area contributed by atoms with Gasteiger partial charge in [0.15, 0.2) is 6.29 Å².